The number of amides is 1. The highest BCUT2D eigenvalue weighted by molar-refractivity contribution is 6.38. The number of anilines is 1. The third-order valence-corrected chi connectivity index (χ3v) is 4.49. The average Bonchev–Trinajstić information content (AvgIpc) is 2.64. The number of esters is 1. The lowest BCUT2D eigenvalue weighted by Crippen LogP contribution is -2.44. The van der Waals surface area contributed by atoms with Crippen LogP contribution in [0.25, 0.3) is 10.8 Å². The van der Waals surface area contributed by atoms with E-state index >= 15 is 0 Å². The molecule has 9 heteroatoms. The second kappa shape index (κ2) is 9.30. The number of carbonyl (C=O) groups excluding carboxylic acids is 2. The summed E-state index contributed by atoms with van der Waals surface area (Å²) in [6.45, 7) is 9.30. The molecule has 0 radical (unpaired) electrons. The van der Waals surface area contributed by atoms with Gasteiger partial charge in [-0.05, 0) is 45.2 Å². The van der Waals surface area contributed by atoms with E-state index in [0.717, 1.165) is 4.42 Å². The van der Waals surface area contributed by atoms with E-state index < -0.39 is 23.5 Å². The molecule has 1 amide bonds. The summed E-state index contributed by atoms with van der Waals surface area (Å²) in [4.78, 5) is 29.5. The van der Waals surface area contributed by atoms with Crippen molar-refractivity contribution >= 4 is 46.1 Å². The molecule has 2 rings (SSSR count). The highest BCUT2D eigenvalue weighted by atomic mass is 35.5. The zero-order valence-corrected chi connectivity index (χ0v) is 18.6. The van der Waals surface area contributed by atoms with Crippen molar-refractivity contribution in [1.29, 1.82) is 5.41 Å². The number of guanidine groups is 1. The minimum absolute atomic E-state index is 0.187. The molecule has 8 nitrogen and oxygen atoms in total. The number of hydrogen-bond donors (Lipinski definition) is 3. The first-order chi connectivity index (χ1) is 13.9. The molecule has 30 heavy (non-hydrogen) atoms. The normalized spacial score (nSPS) is 12.5. The van der Waals surface area contributed by atoms with Crippen molar-refractivity contribution in [3.63, 3.8) is 0 Å². The maximum atomic E-state index is 12.8. The lowest BCUT2D eigenvalue weighted by molar-refractivity contribution is -0.157. The Bertz CT molecular complexity index is 955. The van der Waals surface area contributed by atoms with Gasteiger partial charge >= 0.3 is 5.97 Å². The van der Waals surface area contributed by atoms with Gasteiger partial charge in [-0.2, -0.15) is 0 Å². The van der Waals surface area contributed by atoms with Crippen LogP contribution in [-0.4, -0.2) is 34.5 Å². The van der Waals surface area contributed by atoms with Crippen molar-refractivity contribution in [2.45, 2.75) is 52.7 Å². The highest BCUT2D eigenvalue weighted by Crippen LogP contribution is 2.27. The van der Waals surface area contributed by atoms with Crippen molar-refractivity contribution in [1.82, 2.24) is 10.3 Å². The number of fused-ring (bicyclic) bond motifs is 1. The summed E-state index contributed by atoms with van der Waals surface area (Å²) in [5, 5.41) is 11.6. The Labute approximate surface area is 181 Å². The maximum Gasteiger partial charge on any atom is 0.329 e. The van der Waals surface area contributed by atoms with E-state index in [4.69, 9.17) is 27.7 Å². The molecule has 4 N–H and O–H groups in total. The fourth-order valence-corrected chi connectivity index (χ4v) is 3.02. The minimum Gasteiger partial charge on any atom is -0.458 e. The van der Waals surface area contributed by atoms with Crippen LogP contribution >= 0.6 is 11.8 Å². The first kappa shape index (κ1) is 23.4. The van der Waals surface area contributed by atoms with Gasteiger partial charge in [-0.15, -0.1) is 0 Å². The van der Waals surface area contributed by atoms with Crippen LogP contribution in [0.5, 0.6) is 0 Å². The predicted molar refractivity (Wildman–Crippen MR) is 119 cm³/mol. The molecule has 0 saturated carbocycles. The topological polar surface area (TPSA) is 121 Å². The molecule has 0 unspecified atom stereocenters. The number of benzene rings is 1. The molecule has 0 aliphatic heterocycles. The summed E-state index contributed by atoms with van der Waals surface area (Å²) < 4.78 is 6.44. The Balaban J connectivity index is 2.30. The molecule has 2 aromatic rings. The number of nitrogens with one attached hydrogen (secondary N) is 2. The second-order valence-corrected chi connectivity index (χ2v) is 8.79. The molecular formula is C21H28ClN5O3. The number of pyridine rings is 1. The molecule has 1 heterocycles. The molecule has 0 bridgehead atoms. The number of halogens is 1. The quantitative estimate of drug-likeness (QED) is 0.277. The van der Waals surface area contributed by atoms with Crippen molar-refractivity contribution < 1.29 is 14.3 Å². The molecule has 0 spiro atoms. The molecule has 162 valence electrons. The van der Waals surface area contributed by atoms with E-state index in [1.54, 1.807) is 45.2 Å². The van der Waals surface area contributed by atoms with Crippen LogP contribution in [0.3, 0.4) is 0 Å². The van der Waals surface area contributed by atoms with Gasteiger partial charge in [-0.3, -0.25) is 15.2 Å². The van der Waals surface area contributed by atoms with Crippen molar-refractivity contribution in [3.8, 4) is 0 Å². The number of rotatable bonds is 6. The second-order valence-electron chi connectivity index (χ2n) is 8.45. The van der Waals surface area contributed by atoms with Crippen LogP contribution in [-0.2, 0) is 9.53 Å². The summed E-state index contributed by atoms with van der Waals surface area (Å²) >= 11 is 6.04. The van der Waals surface area contributed by atoms with E-state index in [-0.39, 0.29) is 11.9 Å². The SMILES string of the molecule is CC(C)C[C@H](NC(=O)c1ccc2c(N(Cl)C(=N)N)cncc2c1)C(=O)OC(C)(C)C. The summed E-state index contributed by atoms with van der Waals surface area (Å²) in [5.74, 6) is -1.02. The zero-order valence-electron chi connectivity index (χ0n) is 17.8. The number of nitrogens with two attached hydrogens (primary N) is 1. The summed E-state index contributed by atoms with van der Waals surface area (Å²) in [7, 11) is 0. The lowest BCUT2D eigenvalue weighted by atomic mass is 10.0. The largest absolute Gasteiger partial charge is 0.458 e. The number of nitrogens with zero attached hydrogens (tertiary/aromatic N) is 2. The van der Waals surface area contributed by atoms with Crippen LogP contribution in [0.1, 0.15) is 51.4 Å². The van der Waals surface area contributed by atoms with Gasteiger partial charge in [-0.1, -0.05) is 19.9 Å². The van der Waals surface area contributed by atoms with Crippen LogP contribution in [0.2, 0.25) is 0 Å². The van der Waals surface area contributed by atoms with Crippen LogP contribution < -0.4 is 15.5 Å². The number of aromatic nitrogens is 1. The standard InChI is InChI=1S/C21H28ClN5O3/c1-12(2)8-16(19(29)30-21(3,4)5)26-18(28)13-6-7-15-14(9-13)10-25-11-17(15)27(22)20(23)24/h6-7,9-12,16H,8H2,1-5H3,(H3,23,24)(H,26,28)/t16-/m0/s1. The van der Waals surface area contributed by atoms with E-state index in [1.165, 1.54) is 6.20 Å². The lowest BCUT2D eigenvalue weighted by Gasteiger charge is -2.25. The van der Waals surface area contributed by atoms with Gasteiger partial charge in [0.2, 0.25) is 5.96 Å². The number of carbonyl (C=O) groups is 2. The Kier molecular flexibility index (Phi) is 7.25. The molecule has 0 saturated heterocycles. The van der Waals surface area contributed by atoms with Gasteiger partial charge in [-0.25, -0.2) is 9.21 Å². The van der Waals surface area contributed by atoms with Gasteiger partial charge in [0.15, 0.2) is 0 Å². The van der Waals surface area contributed by atoms with Gasteiger partial charge in [0, 0.05) is 34.3 Å². The zero-order chi connectivity index (χ0) is 22.6. The van der Waals surface area contributed by atoms with E-state index in [9.17, 15) is 9.59 Å². The highest BCUT2D eigenvalue weighted by Gasteiger charge is 2.27. The Hall–Kier alpha value is -2.87. The van der Waals surface area contributed by atoms with E-state index in [2.05, 4.69) is 10.3 Å². The smallest absolute Gasteiger partial charge is 0.329 e. The average molecular weight is 434 g/mol. The Morgan fingerprint density at radius 3 is 2.53 bits per heavy atom. The number of hydrogen-bond acceptors (Lipinski definition) is 5. The van der Waals surface area contributed by atoms with Gasteiger partial charge in [0.1, 0.15) is 11.6 Å². The summed E-state index contributed by atoms with van der Waals surface area (Å²) in [6, 6.07) is 4.21. The van der Waals surface area contributed by atoms with E-state index in [0.29, 0.717) is 28.4 Å². The van der Waals surface area contributed by atoms with Crippen molar-refractivity contribution in [2.24, 2.45) is 11.7 Å². The molecule has 1 aromatic heterocycles. The molecule has 0 aliphatic carbocycles. The van der Waals surface area contributed by atoms with Crippen molar-refractivity contribution in [3.05, 3.63) is 36.2 Å². The molecular weight excluding hydrogens is 406 g/mol. The number of ether oxygens (including phenoxy) is 1. The summed E-state index contributed by atoms with van der Waals surface area (Å²) in [5.41, 5.74) is 5.59. The third kappa shape index (κ3) is 6.06. The van der Waals surface area contributed by atoms with Gasteiger partial charge in [0.25, 0.3) is 5.91 Å². The first-order valence-electron chi connectivity index (χ1n) is 9.60. The molecule has 0 fully saturated rings. The van der Waals surface area contributed by atoms with Crippen LogP contribution in [0, 0.1) is 11.3 Å². The maximum absolute atomic E-state index is 12.8. The van der Waals surface area contributed by atoms with Crippen molar-refractivity contribution in [2.75, 3.05) is 4.42 Å². The fraction of sp³-hybridized carbons (Fsp3) is 0.429. The Morgan fingerprint density at radius 2 is 1.97 bits per heavy atom. The van der Waals surface area contributed by atoms with E-state index in [1.807, 2.05) is 13.8 Å². The van der Waals surface area contributed by atoms with Crippen LogP contribution in [0.15, 0.2) is 30.6 Å². The van der Waals surface area contributed by atoms with Gasteiger partial charge in [0.05, 0.1) is 11.9 Å². The first-order valence-corrected chi connectivity index (χ1v) is 9.94. The Morgan fingerprint density at radius 1 is 1.30 bits per heavy atom. The summed E-state index contributed by atoms with van der Waals surface area (Å²) in [6.07, 6.45) is 3.53. The van der Waals surface area contributed by atoms with Gasteiger partial charge < -0.3 is 15.8 Å². The molecule has 0 aliphatic rings. The predicted octanol–water partition coefficient (Wildman–Crippen LogP) is 3.57. The third-order valence-electron chi connectivity index (χ3n) is 4.13. The molecule has 1 atom stereocenters. The monoisotopic (exact) mass is 433 g/mol. The molecule has 1 aromatic carbocycles. The fourth-order valence-electron chi connectivity index (χ4n) is 2.89. The minimum atomic E-state index is -0.757. The van der Waals surface area contributed by atoms with Crippen LogP contribution in [0.4, 0.5) is 5.69 Å².